The zero-order chi connectivity index (χ0) is 24.2. The van der Waals surface area contributed by atoms with Gasteiger partial charge in [-0.05, 0) is 23.8 Å². The number of carbonyl (C=O) groups excluding carboxylic acids is 1. The van der Waals surface area contributed by atoms with Gasteiger partial charge in [-0.3, -0.25) is 30.4 Å². The van der Waals surface area contributed by atoms with Crippen molar-refractivity contribution in [2.24, 2.45) is 5.10 Å². The van der Waals surface area contributed by atoms with Gasteiger partial charge in [-0.1, -0.05) is 30.3 Å². The van der Waals surface area contributed by atoms with E-state index in [2.05, 4.69) is 21.2 Å². The summed E-state index contributed by atoms with van der Waals surface area (Å²) >= 11 is 0. The Morgan fingerprint density at radius 3 is 2.35 bits per heavy atom. The third kappa shape index (κ3) is 4.66. The van der Waals surface area contributed by atoms with E-state index in [1.54, 1.807) is 30.3 Å². The van der Waals surface area contributed by atoms with Gasteiger partial charge in [0.25, 0.3) is 17.3 Å². The molecule has 4 rings (SSSR count). The quantitative estimate of drug-likeness (QED) is 0.235. The molecule has 4 N–H and O–H groups in total. The van der Waals surface area contributed by atoms with E-state index in [4.69, 9.17) is 0 Å². The summed E-state index contributed by atoms with van der Waals surface area (Å²) in [6.07, 6.45) is -1.49. The van der Waals surface area contributed by atoms with Gasteiger partial charge in [0.2, 0.25) is 0 Å². The predicted molar refractivity (Wildman–Crippen MR) is 125 cm³/mol. The lowest BCUT2D eigenvalue weighted by molar-refractivity contribution is -0.385. The molecule has 3 aromatic carbocycles. The number of nitro groups is 2. The molecule has 0 fully saturated rings. The van der Waals surface area contributed by atoms with Gasteiger partial charge in [0.15, 0.2) is 0 Å². The van der Waals surface area contributed by atoms with Crippen molar-refractivity contribution in [3.05, 3.63) is 98.6 Å². The Labute approximate surface area is 192 Å². The number of aliphatic hydroxyl groups excluding tert-OH is 1. The molecule has 1 heterocycles. The van der Waals surface area contributed by atoms with Crippen molar-refractivity contribution in [2.75, 3.05) is 16.1 Å². The van der Waals surface area contributed by atoms with Crippen LogP contribution in [0.25, 0.3) is 0 Å². The number of fused-ring (bicyclic) bond motifs is 1. The first kappa shape index (κ1) is 22.4. The number of hydrogen-bond acceptors (Lipinski definition) is 9. The molecule has 34 heavy (non-hydrogen) atoms. The highest BCUT2D eigenvalue weighted by atomic mass is 16.6. The molecule has 0 unspecified atom stereocenters. The van der Waals surface area contributed by atoms with E-state index in [0.29, 0.717) is 11.4 Å². The zero-order valence-electron chi connectivity index (χ0n) is 17.4. The summed E-state index contributed by atoms with van der Waals surface area (Å²) in [5, 5.41) is 43.1. The molecular weight excluding hydrogens is 444 g/mol. The molecule has 1 aliphatic rings. The van der Waals surface area contributed by atoms with Crippen molar-refractivity contribution in [2.45, 2.75) is 12.1 Å². The van der Waals surface area contributed by atoms with Gasteiger partial charge in [0.1, 0.15) is 17.9 Å². The van der Waals surface area contributed by atoms with Gasteiger partial charge in [-0.2, -0.15) is 5.10 Å². The minimum Gasteiger partial charge on any atom is -0.382 e. The van der Waals surface area contributed by atoms with Crippen LogP contribution < -0.4 is 16.1 Å². The fourth-order valence-corrected chi connectivity index (χ4v) is 3.41. The highest BCUT2D eigenvalue weighted by molar-refractivity contribution is 6.19. The lowest BCUT2D eigenvalue weighted by Gasteiger charge is -2.29. The number of anilines is 3. The molecule has 1 amide bonds. The second kappa shape index (κ2) is 9.34. The molecule has 3 aromatic rings. The molecule has 0 aromatic heterocycles. The molecule has 0 spiro atoms. The summed E-state index contributed by atoms with van der Waals surface area (Å²) in [6.45, 7) is 0. The van der Waals surface area contributed by atoms with Gasteiger partial charge in [-0.25, -0.2) is 0 Å². The Balaban J connectivity index is 1.72. The van der Waals surface area contributed by atoms with E-state index in [1.807, 2.05) is 0 Å². The maximum Gasteiger partial charge on any atom is 0.271 e. The van der Waals surface area contributed by atoms with Crippen LogP contribution in [0.15, 0.2) is 77.9 Å². The Morgan fingerprint density at radius 1 is 0.941 bits per heavy atom. The molecular formula is C22H18N6O6. The summed E-state index contributed by atoms with van der Waals surface area (Å²) in [5.41, 5.74) is 3.62. The number of nitro benzene ring substituents is 2. The van der Waals surface area contributed by atoms with Crippen molar-refractivity contribution in [1.29, 1.82) is 0 Å². The van der Waals surface area contributed by atoms with Crippen molar-refractivity contribution in [1.82, 2.24) is 0 Å². The van der Waals surface area contributed by atoms with Crippen LogP contribution >= 0.6 is 0 Å². The summed E-state index contributed by atoms with van der Waals surface area (Å²) in [5.74, 6) is -0.619. The Kier molecular flexibility index (Phi) is 6.14. The summed E-state index contributed by atoms with van der Waals surface area (Å²) in [6, 6.07) is 16.9. The number of non-ortho nitro benzene ring substituents is 2. The Bertz CT molecular complexity index is 1300. The van der Waals surface area contributed by atoms with Crippen molar-refractivity contribution in [3.63, 3.8) is 0 Å². The topological polar surface area (TPSA) is 172 Å². The van der Waals surface area contributed by atoms with Crippen LogP contribution in [0, 0.1) is 20.2 Å². The van der Waals surface area contributed by atoms with E-state index < -0.39 is 27.9 Å². The fourth-order valence-electron chi connectivity index (χ4n) is 3.41. The third-order valence-electron chi connectivity index (χ3n) is 5.09. The summed E-state index contributed by atoms with van der Waals surface area (Å²) < 4.78 is 0. The number of para-hydroxylation sites is 1. The lowest BCUT2D eigenvalue weighted by Crippen LogP contribution is -2.47. The summed E-state index contributed by atoms with van der Waals surface area (Å²) in [4.78, 5) is 34.0. The number of carbonyl (C=O) groups is 1. The van der Waals surface area contributed by atoms with Gasteiger partial charge >= 0.3 is 0 Å². The maximum absolute atomic E-state index is 12.9. The number of rotatable bonds is 7. The second-order valence-electron chi connectivity index (χ2n) is 7.32. The fraction of sp³-hybridized carbons (Fsp3) is 0.0909. The van der Waals surface area contributed by atoms with E-state index in [0.717, 1.165) is 0 Å². The van der Waals surface area contributed by atoms with Crippen LogP contribution in [0.3, 0.4) is 0 Å². The van der Waals surface area contributed by atoms with Crippen LogP contribution in [0.5, 0.6) is 0 Å². The second-order valence-corrected chi connectivity index (χ2v) is 7.32. The predicted octanol–water partition coefficient (Wildman–Crippen LogP) is 3.44. The van der Waals surface area contributed by atoms with Crippen LogP contribution in [-0.4, -0.2) is 32.6 Å². The monoisotopic (exact) mass is 462 g/mol. The number of amides is 1. The van der Waals surface area contributed by atoms with Crippen LogP contribution in [0.4, 0.5) is 28.4 Å². The first-order valence-corrected chi connectivity index (χ1v) is 10.0. The van der Waals surface area contributed by atoms with Crippen molar-refractivity contribution in [3.8, 4) is 0 Å². The number of hydrazone groups is 1. The standard InChI is InChI=1S/C22H18N6O6/c29-21(13-5-4-8-15(11-13)27(31)32)19(26-25-14-6-2-1-3-7-14)20-22(30)24-18-12-16(28(33)34)9-10-17(18)23-20/h1-12,20-21,23,25,29H,(H,24,30)/b26-19-/t20-,21+/m0/s1. The van der Waals surface area contributed by atoms with Gasteiger partial charge in [0.05, 0.1) is 26.9 Å². The van der Waals surface area contributed by atoms with Gasteiger partial charge in [0, 0.05) is 24.3 Å². The molecule has 0 aliphatic carbocycles. The number of nitrogens with one attached hydrogen (secondary N) is 3. The van der Waals surface area contributed by atoms with Crippen LogP contribution in [-0.2, 0) is 4.79 Å². The van der Waals surface area contributed by atoms with Crippen molar-refractivity contribution < 1.29 is 19.7 Å². The van der Waals surface area contributed by atoms with Crippen LogP contribution in [0.2, 0.25) is 0 Å². The number of nitrogens with zero attached hydrogens (tertiary/aromatic N) is 3. The normalized spacial score (nSPS) is 16.0. The average Bonchev–Trinajstić information content (AvgIpc) is 2.84. The van der Waals surface area contributed by atoms with E-state index in [-0.39, 0.29) is 28.3 Å². The molecule has 1 aliphatic heterocycles. The van der Waals surface area contributed by atoms with Gasteiger partial charge < -0.3 is 15.7 Å². The minimum atomic E-state index is -1.49. The first-order valence-electron chi connectivity index (χ1n) is 10.0. The molecule has 172 valence electrons. The van der Waals surface area contributed by atoms with E-state index >= 15 is 0 Å². The van der Waals surface area contributed by atoms with Crippen LogP contribution in [0.1, 0.15) is 11.7 Å². The average molecular weight is 462 g/mol. The molecule has 2 atom stereocenters. The largest absolute Gasteiger partial charge is 0.382 e. The smallest absolute Gasteiger partial charge is 0.271 e. The first-order chi connectivity index (χ1) is 16.3. The molecule has 0 radical (unpaired) electrons. The molecule has 12 heteroatoms. The lowest BCUT2D eigenvalue weighted by atomic mass is 9.96. The maximum atomic E-state index is 12.9. The van der Waals surface area contributed by atoms with E-state index in [9.17, 15) is 30.1 Å². The number of aliphatic hydroxyl groups is 1. The SMILES string of the molecule is O=C1Nc2cc([N+](=O)[O-])ccc2N[C@H]1/C(=N/Nc1ccccc1)[C@H](O)c1cccc([N+](=O)[O-])c1. The molecule has 12 nitrogen and oxygen atoms in total. The Morgan fingerprint density at radius 2 is 1.65 bits per heavy atom. The van der Waals surface area contributed by atoms with E-state index in [1.165, 1.54) is 42.5 Å². The molecule has 0 saturated heterocycles. The number of benzene rings is 3. The van der Waals surface area contributed by atoms with Crippen molar-refractivity contribution >= 4 is 40.1 Å². The highest BCUT2D eigenvalue weighted by Gasteiger charge is 2.35. The third-order valence-corrected chi connectivity index (χ3v) is 5.09. The van der Waals surface area contributed by atoms with Gasteiger partial charge in [-0.15, -0.1) is 0 Å². The molecule has 0 bridgehead atoms. The Hall–Kier alpha value is -4.84. The number of hydrogen-bond donors (Lipinski definition) is 4. The minimum absolute atomic E-state index is 0.0640. The highest BCUT2D eigenvalue weighted by Crippen LogP contribution is 2.32. The molecule has 0 saturated carbocycles. The summed E-state index contributed by atoms with van der Waals surface area (Å²) in [7, 11) is 0. The zero-order valence-corrected chi connectivity index (χ0v) is 17.4.